The Morgan fingerprint density at radius 2 is 1.83 bits per heavy atom. The van der Waals surface area contributed by atoms with Gasteiger partial charge >= 0.3 is 0 Å². The zero-order valence-electron chi connectivity index (χ0n) is 18.3. The summed E-state index contributed by atoms with van der Waals surface area (Å²) in [5, 5.41) is 10.0. The number of aromatic hydroxyl groups is 1. The fraction of sp³-hybridized carbons (Fsp3) is 0.520. The van der Waals surface area contributed by atoms with Gasteiger partial charge in [-0.1, -0.05) is 38.1 Å². The van der Waals surface area contributed by atoms with Crippen LogP contribution < -0.4 is 4.90 Å². The van der Waals surface area contributed by atoms with E-state index in [1.54, 1.807) is 6.07 Å². The van der Waals surface area contributed by atoms with Crippen molar-refractivity contribution in [1.29, 1.82) is 0 Å². The predicted octanol–water partition coefficient (Wildman–Crippen LogP) is 3.94. The molecule has 2 aromatic carbocycles. The van der Waals surface area contributed by atoms with Gasteiger partial charge in [0.2, 0.25) is 0 Å². The van der Waals surface area contributed by atoms with Gasteiger partial charge in [0.1, 0.15) is 5.75 Å². The van der Waals surface area contributed by atoms with Crippen LogP contribution in [0.25, 0.3) is 0 Å². The number of benzene rings is 2. The van der Waals surface area contributed by atoms with Gasteiger partial charge in [-0.3, -0.25) is 9.80 Å². The second-order valence-electron chi connectivity index (χ2n) is 9.52. The van der Waals surface area contributed by atoms with E-state index in [4.69, 9.17) is 0 Å². The molecule has 2 aliphatic rings. The molecule has 156 valence electrons. The molecule has 4 nitrogen and oxygen atoms in total. The van der Waals surface area contributed by atoms with Crippen LogP contribution in [0.5, 0.6) is 5.75 Å². The summed E-state index contributed by atoms with van der Waals surface area (Å²) in [5.74, 6) is 0.954. The summed E-state index contributed by atoms with van der Waals surface area (Å²) in [6.07, 6.45) is 1.15. The number of hydrogen-bond donors (Lipinski definition) is 1. The molecule has 0 saturated carbocycles. The van der Waals surface area contributed by atoms with Crippen LogP contribution in [-0.4, -0.2) is 61.2 Å². The van der Waals surface area contributed by atoms with Crippen molar-refractivity contribution in [3.8, 4) is 5.75 Å². The summed E-state index contributed by atoms with van der Waals surface area (Å²) in [6, 6.07) is 17.5. The number of fused-ring (bicyclic) bond motifs is 1. The lowest BCUT2D eigenvalue weighted by molar-refractivity contribution is -0.00557. The van der Waals surface area contributed by atoms with Crippen molar-refractivity contribution in [3.05, 3.63) is 59.7 Å². The van der Waals surface area contributed by atoms with Crippen molar-refractivity contribution >= 4 is 5.69 Å². The van der Waals surface area contributed by atoms with Gasteiger partial charge in [0, 0.05) is 58.5 Å². The monoisotopic (exact) mass is 393 g/mol. The standard InChI is InChI=1S/C25H35N3O/c1-19-16-28-13-12-27(17-20-8-10-22(11-9-20)26(3)4)18-23(28)15-25(19,2)21-6-5-7-24(29)14-21/h5-11,14,19,23,29H,12-13,15-18H2,1-4H3/t19?,23?,25-/m1/s1. The lowest BCUT2D eigenvalue weighted by Crippen LogP contribution is -2.60. The maximum atomic E-state index is 10.0. The number of anilines is 1. The van der Waals surface area contributed by atoms with E-state index >= 15 is 0 Å². The molecule has 0 bridgehead atoms. The highest BCUT2D eigenvalue weighted by molar-refractivity contribution is 5.46. The van der Waals surface area contributed by atoms with Gasteiger partial charge in [-0.25, -0.2) is 0 Å². The third-order valence-corrected chi connectivity index (χ3v) is 7.31. The molecule has 2 unspecified atom stereocenters. The summed E-state index contributed by atoms with van der Waals surface area (Å²) in [5.41, 5.74) is 4.03. The van der Waals surface area contributed by atoms with E-state index < -0.39 is 0 Å². The molecule has 0 aliphatic carbocycles. The molecule has 2 fully saturated rings. The molecule has 2 aromatic rings. The van der Waals surface area contributed by atoms with E-state index in [-0.39, 0.29) is 5.41 Å². The Morgan fingerprint density at radius 1 is 1.07 bits per heavy atom. The third-order valence-electron chi connectivity index (χ3n) is 7.31. The average Bonchev–Trinajstić information content (AvgIpc) is 2.69. The first-order chi connectivity index (χ1) is 13.8. The number of piperazine rings is 1. The van der Waals surface area contributed by atoms with Crippen LogP contribution in [0.15, 0.2) is 48.5 Å². The summed E-state index contributed by atoms with van der Waals surface area (Å²) in [7, 11) is 4.17. The molecule has 0 aromatic heterocycles. The molecule has 1 N–H and O–H groups in total. The zero-order chi connectivity index (χ0) is 20.6. The Hall–Kier alpha value is -2.04. The van der Waals surface area contributed by atoms with Gasteiger partial charge in [0.05, 0.1) is 0 Å². The Labute approximate surface area is 175 Å². The summed E-state index contributed by atoms with van der Waals surface area (Å²) in [4.78, 5) is 7.46. The SMILES string of the molecule is CC1CN2CCN(Cc3ccc(N(C)C)cc3)CC2C[C@@]1(C)c1cccc(O)c1. The minimum Gasteiger partial charge on any atom is -0.508 e. The second-order valence-corrected chi connectivity index (χ2v) is 9.52. The quantitative estimate of drug-likeness (QED) is 0.852. The van der Waals surface area contributed by atoms with Crippen LogP contribution in [0.2, 0.25) is 0 Å². The van der Waals surface area contributed by atoms with Crippen LogP contribution in [0.1, 0.15) is 31.4 Å². The van der Waals surface area contributed by atoms with Crippen molar-refractivity contribution in [2.45, 2.75) is 38.3 Å². The summed E-state index contributed by atoms with van der Waals surface area (Å²) in [6.45, 7) is 10.3. The van der Waals surface area contributed by atoms with Crippen LogP contribution in [0.4, 0.5) is 5.69 Å². The molecule has 2 aliphatic heterocycles. The molecule has 3 atom stereocenters. The molecule has 0 spiro atoms. The number of rotatable bonds is 4. The molecule has 0 amide bonds. The maximum Gasteiger partial charge on any atom is 0.115 e. The van der Waals surface area contributed by atoms with Gasteiger partial charge in [-0.2, -0.15) is 0 Å². The van der Waals surface area contributed by atoms with Gasteiger partial charge in [-0.05, 0) is 53.1 Å². The lowest BCUT2D eigenvalue weighted by atomic mass is 9.65. The predicted molar refractivity (Wildman–Crippen MR) is 121 cm³/mol. The van der Waals surface area contributed by atoms with Crippen molar-refractivity contribution in [1.82, 2.24) is 9.80 Å². The second kappa shape index (κ2) is 8.00. The number of piperidine rings is 1. The number of phenolic OH excluding ortho intramolecular Hbond substituents is 1. The maximum absolute atomic E-state index is 10.0. The highest BCUT2D eigenvalue weighted by Gasteiger charge is 2.44. The molecule has 4 rings (SSSR count). The smallest absolute Gasteiger partial charge is 0.115 e. The summed E-state index contributed by atoms with van der Waals surface area (Å²) < 4.78 is 0. The minimum absolute atomic E-state index is 0.107. The normalized spacial score (nSPS) is 28.1. The molecule has 29 heavy (non-hydrogen) atoms. The first kappa shape index (κ1) is 20.2. The van der Waals surface area contributed by atoms with Crippen molar-refractivity contribution in [2.75, 3.05) is 45.2 Å². The Bertz CT molecular complexity index is 834. The van der Waals surface area contributed by atoms with Crippen molar-refractivity contribution < 1.29 is 5.11 Å². The van der Waals surface area contributed by atoms with Gasteiger partial charge in [0.25, 0.3) is 0 Å². The van der Waals surface area contributed by atoms with E-state index in [1.807, 2.05) is 12.1 Å². The highest BCUT2D eigenvalue weighted by atomic mass is 16.3. The van der Waals surface area contributed by atoms with Crippen LogP contribution in [0.3, 0.4) is 0 Å². The first-order valence-corrected chi connectivity index (χ1v) is 10.9. The zero-order valence-corrected chi connectivity index (χ0v) is 18.3. The molecular formula is C25H35N3O. The third kappa shape index (κ3) is 4.15. The molecular weight excluding hydrogens is 358 g/mol. The lowest BCUT2D eigenvalue weighted by Gasteiger charge is -2.53. The number of hydrogen-bond acceptors (Lipinski definition) is 4. The largest absolute Gasteiger partial charge is 0.508 e. The van der Waals surface area contributed by atoms with E-state index in [9.17, 15) is 5.11 Å². The number of nitrogens with zero attached hydrogens (tertiary/aromatic N) is 3. The highest BCUT2D eigenvalue weighted by Crippen LogP contribution is 2.43. The fourth-order valence-corrected chi connectivity index (χ4v) is 5.20. The van der Waals surface area contributed by atoms with Crippen molar-refractivity contribution in [2.24, 2.45) is 5.92 Å². The van der Waals surface area contributed by atoms with Gasteiger partial charge in [0.15, 0.2) is 0 Å². The van der Waals surface area contributed by atoms with E-state index in [0.29, 0.717) is 17.7 Å². The van der Waals surface area contributed by atoms with E-state index in [2.05, 4.69) is 73.0 Å². The average molecular weight is 394 g/mol. The van der Waals surface area contributed by atoms with Crippen molar-refractivity contribution in [3.63, 3.8) is 0 Å². The Morgan fingerprint density at radius 3 is 2.52 bits per heavy atom. The van der Waals surface area contributed by atoms with Gasteiger partial charge < -0.3 is 10.0 Å². The molecule has 4 heteroatoms. The van der Waals surface area contributed by atoms with E-state index in [0.717, 1.165) is 39.1 Å². The van der Waals surface area contributed by atoms with E-state index in [1.165, 1.54) is 16.8 Å². The molecule has 0 radical (unpaired) electrons. The Kier molecular flexibility index (Phi) is 5.58. The summed E-state index contributed by atoms with van der Waals surface area (Å²) >= 11 is 0. The van der Waals surface area contributed by atoms with Crippen LogP contribution in [0, 0.1) is 5.92 Å². The molecule has 2 saturated heterocycles. The van der Waals surface area contributed by atoms with Gasteiger partial charge in [-0.15, -0.1) is 0 Å². The van der Waals surface area contributed by atoms with Crippen LogP contribution >= 0.6 is 0 Å². The molecule has 2 heterocycles. The van der Waals surface area contributed by atoms with Crippen LogP contribution in [-0.2, 0) is 12.0 Å². The first-order valence-electron chi connectivity index (χ1n) is 10.9. The Balaban J connectivity index is 1.46. The topological polar surface area (TPSA) is 30.0 Å². The fourth-order valence-electron chi connectivity index (χ4n) is 5.20. The minimum atomic E-state index is 0.107. The number of phenols is 1.